The number of halogens is 2. The molecule has 3 aromatic rings. The fourth-order valence-corrected chi connectivity index (χ4v) is 4.72. The molecule has 1 atom stereocenters. The van der Waals surface area contributed by atoms with E-state index in [-0.39, 0.29) is 12.0 Å². The summed E-state index contributed by atoms with van der Waals surface area (Å²) in [6, 6.07) is 12.9. The summed E-state index contributed by atoms with van der Waals surface area (Å²) in [5.74, 6) is -0.0766. The first kappa shape index (κ1) is 20.4. The van der Waals surface area contributed by atoms with E-state index in [2.05, 4.69) is 0 Å². The zero-order valence-corrected chi connectivity index (χ0v) is 18.2. The first-order valence-electron chi connectivity index (χ1n) is 9.42. The number of carbonyl (C=O) groups is 1. The van der Waals surface area contributed by atoms with Gasteiger partial charge < -0.3 is 4.74 Å². The maximum Gasteiger partial charge on any atom is 0.260 e. The number of hydrogen-bond donors (Lipinski definition) is 0. The second-order valence-electron chi connectivity index (χ2n) is 7.06. The molecule has 2 aromatic carbocycles. The number of carbonyl (C=O) groups excluding carboxylic acids is 1. The van der Waals surface area contributed by atoms with Crippen molar-refractivity contribution in [2.24, 2.45) is 0 Å². The number of hydrogen-bond acceptors (Lipinski definition) is 4. The van der Waals surface area contributed by atoms with Gasteiger partial charge in [-0.3, -0.25) is 9.69 Å². The van der Waals surface area contributed by atoms with Crippen molar-refractivity contribution in [2.75, 3.05) is 18.1 Å². The molecule has 150 valence electrons. The molecule has 1 aliphatic heterocycles. The molecule has 0 bridgehead atoms. The third-order valence-corrected chi connectivity index (χ3v) is 6.26. The molecule has 1 amide bonds. The molecule has 0 radical (unpaired) electrons. The largest absolute Gasteiger partial charge is 0.376 e. The van der Waals surface area contributed by atoms with Crippen LogP contribution in [0, 0.1) is 6.92 Å². The van der Waals surface area contributed by atoms with Gasteiger partial charge >= 0.3 is 0 Å². The number of benzene rings is 2. The Morgan fingerprint density at radius 3 is 2.86 bits per heavy atom. The van der Waals surface area contributed by atoms with Crippen molar-refractivity contribution in [1.82, 2.24) is 4.98 Å². The monoisotopic (exact) mass is 446 g/mol. The number of anilines is 1. The Morgan fingerprint density at radius 1 is 1.28 bits per heavy atom. The van der Waals surface area contributed by atoms with Crippen molar-refractivity contribution >= 4 is 45.6 Å². The highest BCUT2D eigenvalue weighted by molar-refractivity contribution is 7.14. The van der Waals surface area contributed by atoms with Crippen molar-refractivity contribution in [3.8, 4) is 11.3 Å². The molecular weight excluding hydrogens is 427 g/mol. The second-order valence-corrected chi connectivity index (χ2v) is 8.74. The van der Waals surface area contributed by atoms with Crippen LogP contribution in [-0.4, -0.2) is 30.1 Å². The Morgan fingerprint density at radius 2 is 2.14 bits per heavy atom. The number of aromatic nitrogens is 1. The van der Waals surface area contributed by atoms with Crippen molar-refractivity contribution in [3.05, 3.63) is 69.0 Å². The molecule has 0 saturated carbocycles. The lowest BCUT2D eigenvalue weighted by molar-refractivity contribution is 0.0917. The number of amides is 1. The zero-order valence-electron chi connectivity index (χ0n) is 15.9. The molecule has 7 heteroatoms. The van der Waals surface area contributed by atoms with Gasteiger partial charge in [-0.25, -0.2) is 4.98 Å². The fraction of sp³-hybridized carbons (Fsp3) is 0.273. The zero-order chi connectivity index (χ0) is 20.4. The quantitative estimate of drug-likeness (QED) is 0.464. The van der Waals surface area contributed by atoms with Crippen LogP contribution in [0.15, 0.2) is 47.8 Å². The summed E-state index contributed by atoms with van der Waals surface area (Å²) >= 11 is 13.8. The minimum Gasteiger partial charge on any atom is -0.376 e. The van der Waals surface area contributed by atoms with E-state index in [0.29, 0.717) is 27.3 Å². The van der Waals surface area contributed by atoms with Gasteiger partial charge in [0.1, 0.15) is 0 Å². The summed E-state index contributed by atoms with van der Waals surface area (Å²) in [6.45, 7) is 3.19. The number of ether oxygens (including phenoxy) is 1. The third kappa shape index (κ3) is 4.64. The predicted octanol–water partition coefficient (Wildman–Crippen LogP) is 6.25. The molecule has 0 aliphatic carbocycles. The average Bonchev–Trinajstić information content (AvgIpc) is 3.37. The van der Waals surface area contributed by atoms with Gasteiger partial charge in [-0.05, 0) is 50.1 Å². The first-order valence-corrected chi connectivity index (χ1v) is 11.1. The van der Waals surface area contributed by atoms with Crippen molar-refractivity contribution in [2.45, 2.75) is 25.9 Å². The molecule has 1 aromatic heterocycles. The summed E-state index contributed by atoms with van der Waals surface area (Å²) in [5, 5.41) is 3.65. The maximum atomic E-state index is 13.3. The normalized spacial score (nSPS) is 16.2. The molecule has 1 saturated heterocycles. The number of thiazole rings is 1. The Hall–Kier alpha value is -1.92. The molecule has 0 N–H and O–H groups in total. The van der Waals surface area contributed by atoms with Crippen LogP contribution in [0.25, 0.3) is 11.3 Å². The Kier molecular flexibility index (Phi) is 6.20. The predicted molar refractivity (Wildman–Crippen MR) is 119 cm³/mol. The summed E-state index contributed by atoms with van der Waals surface area (Å²) in [6.07, 6.45) is 1.98. The van der Waals surface area contributed by atoms with Gasteiger partial charge in [0.25, 0.3) is 5.91 Å². The van der Waals surface area contributed by atoms with Crippen molar-refractivity contribution in [1.29, 1.82) is 0 Å². The Balaban J connectivity index is 1.67. The van der Waals surface area contributed by atoms with Gasteiger partial charge in [0.05, 0.1) is 23.4 Å². The molecule has 0 unspecified atom stereocenters. The lowest BCUT2D eigenvalue weighted by Crippen LogP contribution is -2.37. The van der Waals surface area contributed by atoms with Crippen LogP contribution in [0.2, 0.25) is 10.0 Å². The molecule has 29 heavy (non-hydrogen) atoms. The third-order valence-electron chi connectivity index (χ3n) is 4.85. The van der Waals surface area contributed by atoms with Gasteiger partial charge in [0.15, 0.2) is 5.13 Å². The van der Waals surface area contributed by atoms with Gasteiger partial charge in [-0.15, -0.1) is 11.3 Å². The smallest absolute Gasteiger partial charge is 0.260 e. The summed E-state index contributed by atoms with van der Waals surface area (Å²) in [5.41, 5.74) is 3.20. The van der Waals surface area contributed by atoms with Crippen molar-refractivity contribution in [3.63, 3.8) is 0 Å². The van der Waals surface area contributed by atoms with E-state index in [4.69, 9.17) is 32.9 Å². The van der Waals surface area contributed by atoms with Gasteiger partial charge in [-0.2, -0.15) is 0 Å². The van der Waals surface area contributed by atoms with Crippen LogP contribution >= 0.6 is 34.5 Å². The van der Waals surface area contributed by atoms with E-state index in [1.54, 1.807) is 17.0 Å². The molecule has 1 aliphatic rings. The van der Waals surface area contributed by atoms with Crippen LogP contribution in [0.5, 0.6) is 0 Å². The second kappa shape index (κ2) is 8.84. The molecular formula is C22H20Cl2N2O2S. The van der Waals surface area contributed by atoms with Crippen LogP contribution in [-0.2, 0) is 4.74 Å². The Labute approximate surface area is 184 Å². The number of aryl methyl sites for hydroxylation is 1. The topological polar surface area (TPSA) is 42.4 Å². The highest BCUT2D eigenvalue weighted by Crippen LogP contribution is 2.34. The molecule has 4 nitrogen and oxygen atoms in total. The minimum atomic E-state index is -0.0766. The molecule has 0 spiro atoms. The van der Waals surface area contributed by atoms with E-state index in [1.807, 2.05) is 42.6 Å². The maximum absolute atomic E-state index is 13.3. The summed E-state index contributed by atoms with van der Waals surface area (Å²) in [7, 11) is 0. The lowest BCUT2D eigenvalue weighted by Gasteiger charge is -2.23. The van der Waals surface area contributed by atoms with E-state index >= 15 is 0 Å². The van der Waals surface area contributed by atoms with E-state index in [0.717, 1.165) is 36.3 Å². The molecule has 4 rings (SSSR count). The lowest BCUT2D eigenvalue weighted by atomic mass is 10.1. The van der Waals surface area contributed by atoms with Crippen molar-refractivity contribution < 1.29 is 9.53 Å². The Bertz CT molecular complexity index is 1030. The standard InChI is InChI=1S/C22H20Cl2N2O2S/c1-14-4-2-5-15(10-14)21(27)26(12-17-6-3-9-28-17)22-25-20(13-29-22)18-8-7-16(23)11-19(18)24/h2,4-5,7-8,10-11,13,17H,3,6,9,12H2,1H3/t17-/m0/s1. The average molecular weight is 447 g/mol. The summed E-state index contributed by atoms with van der Waals surface area (Å²) < 4.78 is 5.79. The summed E-state index contributed by atoms with van der Waals surface area (Å²) in [4.78, 5) is 19.8. The first-order chi connectivity index (χ1) is 14.0. The van der Waals surface area contributed by atoms with E-state index in [1.165, 1.54) is 11.3 Å². The van der Waals surface area contributed by atoms with Gasteiger partial charge in [0.2, 0.25) is 0 Å². The highest BCUT2D eigenvalue weighted by Gasteiger charge is 2.27. The van der Waals surface area contributed by atoms with Gasteiger partial charge in [-0.1, -0.05) is 40.9 Å². The number of rotatable bonds is 5. The van der Waals surface area contributed by atoms with E-state index in [9.17, 15) is 4.79 Å². The molecule has 1 fully saturated rings. The minimum absolute atomic E-state index is 0.0234. The van der Waals surface area contributed by atoms with Crippen LogP contribution < -0.4 is 4.90 Å². The van der Waals surface area contributed by atoms with E-state index < -0.39 is 0 Å². The molecule has 2 heterocycles. The fourth-order valence-electron chi connectivity index (χ4n) is 3.38. The van der Waals surface area contributed by atoms with Crippen LogP contribution in [0.3, 0.4) is 0 Å². The van der Waals surface area contributed by atoms with Gasteiger partial charge in [0, 0.05) is 28.1 Å². The SMILES string of the molecule is Cc1cccc(C(=O)N(C[C@@H]2CCCO2)c2nc(-c3ccc(Cl)cc3Cl)cs2)c1. The number of nitrogens with zero attached hydrogens (tertiary/aromatic N) is 2. The highest BCUT2D eigenvalue weighted by atomic mass is 35.5. The van der Waals surface area contributed by atoms with Crippen LogP contribution in [0.4, 0.5) is 5.13 Å². The van der Waals surface area contributed by atoms with Crippen LogP contribution in [0.1, 0.15) is 28.8 Å².